The molecule has 0 fully saturated rings. The predicted molar refractivity (Wildman–Crippen MR) is 81.5 cm³/mol. The van der Waals surface area contributed by atoms with E-state index in [-0.39, 0.29) is 17.6 Å². The molecule has 0 aromatic carbocycles. The summed E-state index contributed by atoms with van der Waals surface area (Å²) in [6.45, 7) is 11.1. The summed E-state index contributed by atoms with van der Waals surface area (Å²) in [6.07, 6.45) is 1.74. The Labute approximate surface area is 128 Å². The lowest BCUT2D eigenvalue weighted by molar-refractivity contribution is 0.0990. The molecule has 2 rings (SSSR count). The van der Waals surface area contributed by atoms with E-state index in [0.29, 0.717) is 16.6 Å². The molecule has 21 heavy (non-hydrogen) atoms. The first kappa shape index (κ1) is 15.8. The van der Waals surface area contributed by atoms with Crippen molar-refractivity contribution in [2.75, 3.05) is 0 Å². The maximum Gasteiger partial charge on any atom is 0.183 e. The van der Waals surface area contributed by atoms with Gasteiger partial charge in [0.1, 0.15) is 17.0 Å². The molecule has 0 atom stereocenters. The normalized spacial score (nSPS) is 12.1. The minimum absolute atomic E-state index is 0.00734. The van der Waals surface area contributed by atoms with Crippen LogP contribution in [0.15, 0.2) is 6.33 Å². The van der Waals surface area contributed by atoms with Crippen LogP contribution < -0.4 is 0 Å². The van der Waals surface area contributed by atoms with Gasteiger partial charge >= 0.3 is 0 Å². The fourth-order valence-corrected chi connectivity index (χ4v) is 2.82. The van der Waals surface area contributed by atoms with Crippen molar-refractivity contribution < 1.29 is 4.79 Å². The van der Waals surface area contributed by atoms with E-state index in [1.54, 1.807) is 4.68 Å². The van der Waals surface area contributed by atoms with E-state index in [1.165, 1.54) is 6.33 Å². The molecule has 114 valence electrons. The number of nitrogens with zero attached hydrogens (tertiary/aromatic N) is 5. The van der Waals surface area contributed by atoms with Crippen LogP contribution in [0.3, 0.4) is 0 Å². The van der Waals surface area contributed by atoms with Crippen LogP contribution in [0.5, 0.6) is 0 Å². The summed E-state index contributed by atoms with van der Waals surface area (Å²) in [6, 6.07) is 0. The Balaban J connectivity index is 2.20. The second kappa shape index (κ2) is 6.01. The van der Waals surface area contributed by atoms with Gasteiger partial charge in [-0.1, -0.05) is 39.1 Å². The minimum atomic E-state index is -0.191. The highest BCUT2D eigenvalue weighted by atomic mass is 32.1. The van der Waals surface area contributed by atoms with Crippen LogP contribution in [0.1, 0.15) is 55.8 Å². The van der Waals surface area contributed by atoms with Gasteiger partial charge in [0.15, 0.2) is 5.78 Å². The van der Waals surface area contributed by atoms with Gasteiger partial charge < -0.3 is 0 Å². The Morgan fingerprint density at radius 3 is 2.71 bits per heavy atom. The highest BCUT2D eigenvalue weighted by Crippen LogP contribution is 2.26. The summed E-state index contributed by atoms with van der Waals surface area (Å²) < 4.78 is 5.74. The van der Waals surface area contributed by atoms with Crippen LogP contribution in [-0.4, -0.2) is 30.1 Å². The Hall–Kier alpha value is -1.63. The first-order chi connectivity index (χ1) is 9.79. The van der Waals surface area contributed by atoms with Gasteiger partial charge in [0.05, 0.1) is 12.1 Å². The van der Waals surface area contributed by atoms with Crippen LogP contribution >= 0.6 is 11.5 Å². The summed E-state index contributed by atoms with van der Waals surface area (Å²) in [5, 5.41) is 8.30. The monoisotopic (exact) mass is 307 g/mol. The molecule has 0 amide bonds. The van der Waals surface area contributed by atoms with Crippen molar-refractivity contribution in [3.8, 4) is 0 Å². The van der Waals surface area contributed by atoms with E-state index in [9.17, 15) is 4.79 Å². The van der Waals surface area contributed by atoms with Crippen molar-refractivity contribution in [2.24, 2.45) is 5.92 Å². The number of Topliss-reactive ketones (excluding diaryl/α,β-unsaturated/α-hetero) is 1. The number of carbonyl (C=O) groups excluding carboxylic acids is 1. The number of rotatable bonds is 5. The Morgan fingerprint density at radius 1 is 1.38 bits per heavy atom. The number of ketones is 1. The van der Waals surface area contributed by atoms with Gasteiger partial charge in [-0.15, -0.1) is 5.10 Å². The van der Waals surface area contributed by atoms with Crippen molar-refractivity contribution in [3.05, 3.63) is 22.7 Å². The van der Waals surface area contributed by atoms with E-state index in [4.69, 9.17) is 0 Å². The van der Waals surface area contributed by atoms with Crippen molar-refractivity contribution in [1.29, 1.82) is 0 Å². The summed E-state index contributed by atoms with van der Waals surface area (Å²) in [5.74, 6) is 1.16. The molecule has 2 heterocycles. The molecule has 0 aliphatic heterocycles. The molecular formula is C14H21N5OS. The smallest absolute Gasteiger partial charge is 0.183 e. The van der Waals surface area contributed by atoms with Crippen molar-refractivity contribution in [2.45, 2.75) is 53.0 Å². The van der Waals surface area contributed by atoms with Crippen LogP contribution in [0.25, 0.3) is 0 Å². The van der Waals surface area contributed by atoms with Gasteiger partial charge in [-0.3, -0.25) is 4.79 Å². The predicted octanol–water partition coefficient (Wildman–Crippen LogP) is 2.51. The van der Waals surface area contributed by atoms with Gasteiger partial charge in [0, 0.05) is 12.0 Å². The zero-order chi connectivity index (χ0) is 15.6. The largest absolute Gasteiger partial charge is 0.293 e. The standard InChI is InChI=1S/C14H21N5OS/c1-9(2)7-19-11(15-8-16-19)6-10(20)12-13(14(3,4)5)17-18-21-12/h8-9H,6-7H2,1-5H3. The van der Waals surface area contributed by atoms with Crippen molar-refractivity contribution in [1.82, 2.24) is 24.4 Å². The quantitative estimate of drug-likeness (QED) is 0.794. The van der Waals surface area contributed by atoms with Gasteiger partial charge in [0.2, 0.25) is 0 Å². The van der Waals surface area contributed by atoms with E-state index in [2.05, 4.69) is 33.5 Å². The molecule has 0 bridgehead atoms. The van der Waals surface area contributed by atoms with E-state index >= 15 is 0 Å². The lowest BCUT2D eigenvalue weighted by Crippen LogP contribution is -2.19. The van der Waals surface area contributed by atoms with E-state index < -0.39 is 0 Å². The summed E-state index contributed by atoms with van der Waals surface area (Å²) in [7, 11) is 0. The van der Waals surface area contributed by atoms with Crippen LogP contribution in [0.4, 0.5) is 0 Å². The second-order valence-electron chi connectivity index (χ2n) is 6.55. The fourth-order valence-electron chi connectivity index (χ4n) is 2.01. The molecule has 0 saturated heterocycles. The summed E-state index contributed by atoms with van der Waals surface area (Å²) in [4.78, 5) is 17.4. The maximum absolute atomic E-state index is 12.5. The Kier molecular flexibility index (Phi) is 4.51. The molecule has 0 saturated carbocycles. The highest BCUT2D eigenvalue weighted by Gasteiger charge is 2.27. The average molecular weight is 307 g/mol. The second-order valence-corrected chi connectivity index (χ2v) is 7.31. The number of aromatic nitrogens is 5. The van der Waals surface area contributed by atoms with Gasteiger partial charge in [-0.25, -0.2) is 9.67 Å². The fraction of sp³-hybridized carbons (Fsp3) is 0.643. The topological polar surface area (TPSA) is 73.6 Å². The highest BCUT2D eigenvalue weighted by molar-refractivity contribution is 7.08. The minimum Gasteiger partial charge on any atom is -0.293 e. The SMILES string of the molecule is CC(C)Cn1ncnc1CC(=O)c1snnc1C(C)(C)C. The molecule has 2 aromatic heterocycles. The van der Waals surface area contributed by atoms with E-state index in [0.717, 1.165) is 23.8 Å². The molecule has 0 radical (unpaired) electrons. The molecule has 7 heteroatoms. The molecular weight excluding hydrogens is 286 g/mol. The summed E-state index contributed by atoms with van der Waals surface area (Å²) in [5.41, 5.74) is 0.566. The third kappa shape index (κ3) is 3.72. The third-order valence-corrected chi connectivity index (χ3v) is 3.77. The number of hydrogen-bond donors (Lipinski definition) is 0. The van der Waals surface area contributed by atoms with Gasteiger partial charge in [-0.2, -0.15) is 5.10 Å². The maximum atomic E-state index is 12.5. The molecule has 6 nitrogen and oxygen atoms in total. The lowest BCUT2D eigenvalue weighted by atomic mass is 9.90. The molecule has 0 spiro atoms. The first-order valence-electron chi connectivity index (χ1n) is 7.01. The van der Waals surface area contributed by atoms with Gasteiger partial charge in [0.25, 0.3) is 0 Å². The molecule has 0 aliphatic rings. The molecule has 0 unspecified atom stereocenters. The van der Waals surface area contributed by atoms with Crippen LogP contribution in [-0.2, 0) is 18.4 Å². The number of carbonyl (C=O) groups is 1. The zero-order valence-electron chi connectivity index (χ0n) is 13.1. The average Bonchev–Trinajstić information content (AvgIpc) is 2.97. The van der Waals surface area contributed by atoms with E-state index in [1.807, 2.05) is 20.8 Å². The third-order valence-electron chi connectivity index (χ3n) is 3.00. The van der Waals surface area contributed by atoms with Crippen LogP contribution in [0, 0.1) is 5.92 Å². The lowest BCUT2D eigenvalue weighted by Gasteiger charge is -2.16. The Bertz CT molecular complexity index is 623. The molecule has 0 aliphatic carbocycles. The van der Waals surface area contributed by atoms with Crippen molar-refractivity contribution in [3.63, 3.8) is 0 Å². The van der Waals surface area contributed by atoms with Crippen LogP contribution in [0.2, 0.25) is 0 Å². The Morgan fingerprint density at radius 2 is 2.10 bits per heavy atom. The number of hydrogen-bond acceptors (Lipinski definition) is 6. The summed E-state index contributed by atoms with van der Waals surface area (Å²) >= 11 is 1.16. The van der Waals surface area contributed by atoms with Gasteiger partial charge in [-0.05, 0) is 17.5 Å². The van der Waals surface area contributed by atoms with Crippen molar-refractivity contribution >= 4 is 17.3 Å². The first-order valence-corrected chi connectivity index (χ1v) is 7.79. The molecule has 2 aromatic rings. The zero-order valence-corrected chi connectivity index (χ0v) is 13.9. The molecule has 0 N–H and O–H groups in total.